The number of hydrogen-bond acceptors (Lipinski definition) is 3. The summed E-state index contributed by atoms with van der Waals surface area (Å²) >= 11 is 2.21. The molecular weight excluding hydrogens is 345 g/mol. The Morgan fingerprint density at radius 3 is 2.72 bits per heavy atom. The molecule has 1 amide bonds. The van der Waals surface area contributed by atoms with Gasteiger partial charge in [0.05, 0.1) is 12.8 Å². The number of carbonyl (C=O) groups is 1. The molecule has 1 aromatic carbocycles. The van der Waals surface area contributed by atoms with Gasteiger partial charge in [-0.3, -0.25) is 4.79 Å². The highest BCUT2D eigenvalue weighted by molar-refractivity contribution is 14.1. The Kier molecular flexibility index (Phi) is 4.63. The number of halogens is 1. The summed E-state index contributed by atoms with van der Waals surface area (Å²) < 4.78 is 11.6. The fourth-order valence-corrected chi connectivity index (χ4v) is 1.69. The van der Waals surface area contributed by atoms with Crippen LogP contribution in [0.3, 0.4) is 0 Å². The maximum absolute atomic E-state index is 11.5. The summed E-state index contributed by atoms with van der Waals surface area (Å²) in [6.07, 6.45) is 1.57. The van der Waals surface area contributed by atoms with Crippen LogP contribution in [0.25, 0.3) is 0 Å². The summed E-state index contributed by atoms with van der Waals surface area (Å²) in [4.78, 5) is 11.5. The zero-order valence-corrected chi connectivity index (χ0v) is 11.7. The van der Waals surface area contributed by atoms with E-state index in [0.29, 0.717) is 12.3 Å². The highest BCUT2D eigenvalue weighted by Crippen LogP contribution is 2.13. The molecule has 1 N–H and O–H groups in total. The molecule has 0 aliphatic heterocycles. The summed E-state index contributed by atoms with van der Waals surface area (Å²) in [7, 11) is 0. The third-order valence-electron chi connectivity index (χ3n) is 2.22. The summed E-state index contributed by atoms with van der Waals surface area (Å²) in [6, 6.07) is 11.1. The lowest BCUT2D eigenvalue weighted by molar-refractivity contribution is -0.123. The molecule has 0 bridgehead atoms. The Balaban J connectivity index is 1.73. The first-order chi connectivity index (χ1) is 8.74. The lowest BCUT2D eigenvalue weighted by atomic mass is 10.3. The molecule has 2 aromatic rings. The largest absolute Gasteiger partial charge is 0.484 e. The fourth-order valence-electron chi connectivity index (χ4n) is 1.33. The van der Waals surface area contributed by atoms with Crippen LogP contribution in [0.2, 0.25) is 0 Å². The van der Waals surface area contributed by atoms with E-state index in [0.717, 1.165) is 9.33 Å². The van der Waals surface area contributed by atoms with Crippen LogP contribution in [0.4, 0.5) is 0 Å². The predicted molar refractivity (Wildman–Crippen MR) is 75.2 cm³/mol. The van der Waals surface area contributed by atoms with Gasteiger partial charge in [-0.15, -0.1) is 0 Å². The zero-order chi connectivity index (χ0) is 12.8. The van der Waals surface area contributed by atoms with Gasteiger partial charge in [0, 0.05) is 3.57 Å². The number of rotatable bonds is 5. The van der Waals surface area contributed by atoms with Crippen LogP contribution in [0.15, 0.2) is 47.1 Å². The van der Waals surface area contributed by atoms with Crippen LogP contribution in [-0.4, -0.2) is 12.5 Å². The highest BCUT2D eigenvalue weighted by Gasteiger charge is 2.03. The monoisotopic (exact) mass is 357 g/mol. The molecular formula is C13H12INO3. The average Bonchev–Trinajstić information content (AvgIpc) is 2.89. The fraction of sp³-hybridized carbons (Fsp3) is 0.154. The van der Waals surface area contributed by atoms with Gasteiger partial charge < -0.3 is 14.5 Å². The third-order valence-corrected chi connectivity index (χ3v) is 2.94. The van der Waals surface area contributed by atoms with E-state index in [1.54, 1.807) is 18.4 Å². The van der Waals surface area contributed by atoms with Crippen LogP contribution in [0.5, 0.6) is 5.75 Å². The van der Waals surface area contributed by atoms with E-state index < -0.39 is 0 Å². The Labute approximate surface area is 118 Å². The summed E-state index contributed by atoms with van der Waals surface area (Å²) in [6.45, 7) is 0.378. The molecule has 0 saturated heterocycles. The molecule has 5 heteroatoms. The van der Waals surface area contributed by atoms with Crippen molar-refractivity contribution in [2.45, 2.75) is 6.54 Å². The first-order valence-electron chi connectivity index (χ1n) is 5.41. The first-order valence-corrected chi connectivity index (χ1v) is 6.49. The van der Waals surface area contributed by atoms with E-state index in [4.69, 9.17) is 9.15 Å². The average molecular weight is 357 g/mol. The maximum atomic E-state index is 11.5. The third kappa shape index (κ3) is 4.06. The molecule has 1 aromatic heterocycles. The number of carbonyl (C=O) groups excluding carboxylic acids is 1. The molecule has 0 aliphatic carbocycles. The van der Waals surface area contributed by atoms with E-state index in [-0.39, 0.29) is 12.5 Å². The molecule has 94 valence electrons. The van der Waals surface area contributed by atoms with Crippen molar-refractivity contribution >= 4 is 28.5 Å². The second-order valence-electron chi connectivity index (χ2n) is 3.60. The number of benzene rings is 1. The number of furan rings is 1. The van der Waals surface area contributed by atoms with Gasteiger partial charge in [0.2, 0.25) is 0 Å². The van der Waals surface area contributed by atoms with E-state index >= 15 is 0 Å². The molecule has 1 heterocycles. The van der Waals surface area contributed by atoms with Crippen LogP contribution in [0.1, 0.15) is 5.76 Å². The Morgan fingerprint density at radius 2 is 2.06 bits per heavy atom. The number of amides is 1. The molecule has 0 fully saturated rings. The number of ether oxygens (including phenoxy) is 1. The molecule has 4 nitrogen and oxygen atoms in total. The topological polar surface area (TPSA) is 51.5 Å². The van der Waals surface area contributed by atoms with Crippen molar-refractivity contribution in [3.8, 4) is 5.75 Å². The minimum absolute atomic E-state index is 0.00129. The molecule has 0 spiro atoms. The van der Waals surface area contributed by atoms with E-state index in [2.05, 4.69) is 27.9 Å². The van der Waals surface area contributed by atoms with Gasteiger partial charge in [0.25, 0.3) is 5.91 Å². The van der Waals surface area contributed by atoms with Crippen molar-refractivity contribution in [1.82, 2.24) is 5.32 Å². The van der Waals surface area contributed by atoms with Crippen LogP contribution in [0, 0.1) is 3.57 Å². The quantitative estimate of drug-likeness (QED) is 0.837. The van der Waals surface area contributed by atoms with Crippen molar-refractivity contribution in [3.63, 3.8) is 0 Å². The van der Waals surface area contributed by atoms with Crippen molar-refractivity contribution in [3.05, 3.63) is 52.0 Å². The Hall–Kier alpha value is -1.50. The Morgan fingerprint density at radius 1 is 1.28 bits per heavy atom. The molecule has 0 unspecified atom stereocenters. The van der Waals surface area contributed by atoms with Crippen molar-refractivity contribution in [2.75, 3.05) is 6.61 Å². The van der Waals surface area contributed by atoms with Crippen molar-refractivity contribution in [1.29, 1.82) is 0 Å². The summed E-state index contributed by atoms with van der Waals surface area (Å²) in [5.41, 5.74) is 0. The SMILES string of the molecule is O=C(COc1ccc(I)cc1)NCc1ccco1. The van der Waals surface area contributed by atoms with Crippen LogP contribution < -0.4 is 10.1 Å². The molecule has 0 saturated carbocycles. The van der Waals surface area contributed by atoms with Gasteiger partial charge >= 0.3 is 0 Å². The molecule has 0 atom stereocenters. The van der Waals surface area contributed by atoms with E-state index in [9.17, 15) is 4.79 Å². The molecule has 0 aliphatic rings. The van der Waals surface area contributed by atoms with Crippen molar-refractivity contribution in [2.24, 2.45) is 0 Å². The van der Waals surface area contributed by atoms with Crippen LogP contribution in [-0.2, 0) is 11.3 Å². The number of nitrogens with one attached hydrogen (secondary N) is 1. The lowest BCUT2D eigenvalue weighted by Crippen LogP contribution is -2.28. The van der Waals surface area contributed by atoms with Gasteiger partial charge in [0.1, 0.15) is 11.5 Å². The number of hydrogen-bond donors (Lipinski definition) is 1. The molecule has 0 radical (unpaired) electrons. The van der Waals surface area contributed by atoms with E-state index in [1.807, 2.05) is 24.3 Å². The van der Waals surface area contributed by atoms with Crippen LogP contribution >= 0.6 is 22.6 Å². The minimum atomic E-state index is -0.176. The van der Waals surface area contributed by atoms with Crippen molar-refractivity contribution < 1.29 is 13.9 Å². The lowest BCUT2D eigenvalue weighted by Gasteiger charge is -2.06. The summed E-state index contributed by atoms with van der Waals surface area (Å²) in [5.74, 6) is 1.23. The Bertz CT molecular complexity index is 493. The van der Waals surface area contributed by atoms with Gasteiger partial charge in [0.15, 0.2) is 6.61 Å². The van der Waals surface area contributed by atoms with Gasteiger partial charge in [-0.2, -0.15) is 0 Å². The van der Waals surface area contributed by atoms with Gasteiger partial charge in [-0.05, 0) is 59.0 Å². The molecule has 18 heavy (non-hydrogen) atoms. The molecule has 2 rings (SSSR count). The predicted octanol–water partition coefficient (Wildman–Crippen LogP) is 2.58. The minimum Gasteiger partial charge on any atom is -0.484 e. The standard InChI is InChI=1S/C13H12INO3/c14-10-3-5-11(6-4-10)18-9-13(16)15-8-12-2-1-7-17-12/h1-7H,8-9H2,(H,15,16). The second kappa shape index (κ2) is 6.44. The zero-order valence-electron chi connectivity index (χ0n) is 9.56. The van der Waals surface area contributed by atoms with Gasteiger partial charge in [-0.25, -0.2) is 0 Å². The van der Waals surface area contributed by atoms with E-state index in [1.165, 1.54) is 0 Å². The second-order valence-corrected chi connectivity index (χ2v) is 4.84. The first kappa shape index (κ1) is 12.9. The smallest absolute Gasteiger partial charge is 0.258 e. The summed E-state index contributed by atoms with van der Waals surface area (Å²) in [5, 5.41) is 2.71. The normalized spacial score (nSPS) is 10.1. The van der Waals surface area contributed by atoms with Gasteiger partial charge in [-0.1, -0.05) is 0 Å². The highest BCUT2D eigenvalue weighted by atomic mass is 127. The maximum Gasteiger partial charge on any atom is 0.258 e.